The van der Waals surface area contributed by atoms with E-state index in [0.29, 0.717) is 6.10 Å². The molecular formula is C31H38O. The zero-order valence-electron chi connectivity index (χ0n) is 19.9. The van der Waals surface area contributed by atoms with E-state index >= 15 is 0 Å². The molecule has 0 saturated carbocycles. The monoisotopic (exact) mass is 426 g/mol. The Morgan fingerprint density at radius 1 is 0.875 bits per heavy atom. The van der Waals surface area contributed by atoms with E-state index in [1.807, 2.05) is 6.08 Å². The topological polar surface area (TPSA) is 9.23 Å². The zero-order valence-corrected chi connectivity index (χ0v) is 19.9. The average molecular weight is 427 g/mol. The molecule has 0 heterocycles. The minimum absolute atomic E-state index is 0.369. The summed E-state index contributed by atoms with van der Waals surface area (Å²) < 4.78 is 5.89. The highest BCUT2D eigenvalue weighted by atomic mass is 16.5. The molecule has 32 heavy (non-hydrogen) atoms. The first-order chi connectivity index (χ1) is 15.7. The molecule has 0 saturated heterocycles. The number of benzene rings is 3. The lowest BCUT2D eigenvalue weighted by molar-refractivity contribution is 0.0566. The number of allylic oxidation sites excluding steroid dienone is 2. The third-order valence-electron chi connectivity index (χ3n) is 5.97. The van der Waals surface area contributed by atoms with Gasteiger partial charge in [0.2, 0.25) is 0 Å². The standard InChI is InChI=1S/C31H38O/c1-4-6-10-22-32-25(3)12-8-7-9-13-27-16-19-31-24-30(21-20-29(31)23-27)28-17-14-26(11-5-2)15-18-28/h5,9,13-21,23-25H,2,4,6-8,10-12,22H2,1,3H3/b13-9+. The molecule has 0 amide bonds. The minimum atomic E-state index is 0.369. The fraction of sp³-hybridized carbons (Fsp3) is 0.355. The first kappa shape index (κ1) is 24.0. The van der Waals surface area contributed by atoms with E-state index in [4.69, 9.17) is 4.74 Å². The number of ether oxygens (including phenoxy) is 1. The fourth-order valence-corrected chi connectivity index (χ4v) is 4.01. The van der Waals surface area contributed by atoms with Crippen molar-refractivity contribution in [3.63, 3.8) is 0 Å². The van der Waals surface area contributed by atoms with Crippen molar-refractivity contribution in [3.8, 4) is 11.1 Å². The van der Waals surface area contributed by atoms with Gasteiger partial charge in [-0.1, -0.05) is 86.5 Å². The van der Waals surface area contributed by atoms with Gasteiger partial charge in [0.25, 0.3) is 0 Å². The number of fused-ring (bicyclic) bond motifs is 1. The molecule has 0 aliphatic rings. The summed E-state index contributed by atoms with van der Waals surface area (Å²) in [7, 11) is 0. The summed E-state index contributed by atoms with van der Waals surface area (Å²) in [5.74, 6) is 0. The number of rotatable bonds is 13. The summed E-state index contributed by atoms with van der Waals surface area (Å²) in [6, 6.07) is 22.3. The van der Waals surface area contributed by atoms with Crippen LogP contribution < -0.4 is 0 Å². The highest BCUT2D eigenvalue weighted by Crippen LogP contribution is 2.26. The predicted octanol–water partition coefficient (Wildman–Crippen LogP) is 9.01. The summed E-state index contributed by atoms with van der Waals surface area (Å²) in [5.41, 5.74) is 5.09. The maximum absolute atomic E-state index is 5.89. The van der Waals surface area contributed by atoms with E-state index in [2.05, 4.69) is 93.2 Å². The molecule has 0 bridgehead atoms. The smallest absolute Gasteiger partial charge is 0.0547 e. The van der Waals surface area contributed by atoms with Gasteiger partial charge in [0, 0.05) is 6.61 Å². The lowest BCUT2D eigenvalue weighted by Crippen LogP contribution is -2.08. The molecule has 168 valence electrons. The second kappa shape index (κ2) is 13.0. The molecule has 0 aliphatic heterocycles. The molecule has 3 rings (SSSR count). The third kappa shape index (κ3) is 7.50. The SMILES string of the molecule is C=CCc1ccc(-c2ccc3cc(/C=C/CCCC(C)OCCCCC)ccc3c2)cc1. The van der Waals surface area contributed by atoms with Gasteiger partial charge in [-0.25, -0.2) is 0 Å². The van der Waals surface area contributed by atoms with Crippen molar-refractivity contribution in [1.82, 2.24) is 0 Å². The van der Waals surface area contributed by atoms with Crippen LogP contribution in [-0.4, -0.2) is 12.7 Å². The normalized spacial score (nSPS) is 12.4. The fourth-order valence-electron chi connectivity index (χ4n) is 4.01. The van der Waals surface area contributed by atoms with E-state index in [9.17, 15) is 0 Å². The summed E-state index contributed by atoms with van der Waals surface area (Å²) >= 11 is 0. The summed E-state index contributed by atoms with van der Waals surface area (Å²) in [6.07, 6.45) is 14.9. The Morgan fingerprint density at radius 3 is 2.41 bits per heavy atom. The number of hydrogen-bond acceptors (Lipinski definition) is 1. The second-order valence-corrected chi connectivity index (χ2v) is 8.73. The Morgan fingerprint density at radius 2 is 1.62 bits per heavy atom. The van der Waals surface area contributed by atoms with Crippen LogP contribution in [0, 0.1) is 0 Å². The van der Waals surface area contributed by atoms with E-state index in [1.54, 1.807) is 0 Å². The van der Waals surface area contributed by atoms with Crippen LogP contribution in [0.5, 0.6) is 0 Å². The van der Waals surface area contributed by atoms with Crippen LogP contribution in [0.2, 0.25) is 0 Å². The van der Waals surface area contributed by atoms with Crippen LogP contribution in [0.25, 0.3) is 28.0 Å². The summed E-state index contributed by atoms with van der Waals surface area (Å²) in [6.45, 7) is 9.15. The minimum Gasteiger partial charge on any atom is -0.379 e. The second-order valence-electron chi connectivity index (χ2n) is 8.73. The van der Waals surface area contributed by atoms with Crippen molar-refractivity contribution in [3.05, 3.63) is 90.5 Å². The maximum atomic E-state index is 5.89. The van der Waals surface area contributed by atoms with Crippen molar-refractivity contribution < 1.29 is 4.74 Å². The van der Waals surface area contributed by atoms with Gasteiger partial charge in [-0.2, -0.15) is 0 Å². The maximum Gasteiger partial charge on any atom is 0.0547 e. The highest BCUT2D eigenvalue weighted by Gasteiger charge is 2.02. The van der Waals surface area contributed by atoms with E-state index in [-0.39, 0.29) is 0 Å². The molecular weight excluding hydrogens is 388 g/mol. The molecule has 0 fully saturated rings. The van der Waals surface area contributed by atoms with Gasteiger partial charge in [0.15, 0.2) is 0 Å². The van der Waals surface area contributed by atoms with Crippen LogP contribution in [0.4, 0.5) is 0 Å². The average Bonchev–Trinajstić information content (AvgIpc) is 2.82. The lowest BCUT2D eigenvalue weighted by atomic mass is 9.98. The van der Waals surface area contributed by atoms with Gasteiger partial charge >= 0.3 is 0 Å². The van der Waals surface area contributed by atoms with E-state index in [1.165, 1.54) is 58.7 Å². The third-order valence-corrected chi connectivity index (χ3v) is 5.97. The van der Waals surface area contributed by atoms with Crippen molar-refractivity contribution in [2.75, 3.05) is 6.61 Å². The first-order valence-electron chi connectivity index (χ1n) is 12.2. The van der Waals surface area contributed by atoms with Gasteiger partial charge < -0.3 is 4.74 Å². The Kier molecular flexibility index (Phi) is 9.78. The molecule has 0 spiro atoms. The molecule has 1 heteroatoms. The van der Waals surface area contributed by atoms with E-state index < -0.39 is 0 Å². The van der Waals surface area contributed by atoms with Crippen LogP contribution >= 0.6 is 0 Å². The number of hydrogen-bond donors (Lipinski definition) is 0. The van der Waals surface area contributed by atoms with Crippen molar-refractivity contribution in [1.29, 1.82) is 0 Å². The first-order valence-corrected chi connectivity index (χ1v) is 12.2. The molecule has 3 aromatic rings. The molecule has 1 nitrogen and oxygen atoms in total. The molecule has 0 N–H and O–H groups in total. The Labute approximate surface area is 194 Å². The van der Waals surface area contributed by atoms with Gasteiger partial charge in [-0.05, 0) is 84.2 Å². The summed E-state index contributed by atoms with van der Waals surface area (Å²) in [4.78, 5) is 0. The zero-order chi connectivity index (χ0) is 22.6. The number of unbranched alkanes of at least 4 members (excludes halogenated alkanes) is 3. The van der Waals surface area contributed by atoms with Gasteiger partial charge in [0.05, 0.1) is 6.10 Å². The van der Waals surface area contributed by atoms with Gasteiger partial charge in [0.1, 0.15) is 0 Å². The van der Waals surface area contributed by atoms with Crippen LogP contribution in [0.15, 0.2) is 79.4 Å². The Hall–Kier alpha value is -2.64. The quantitative estimate of drug-likeness (QED) is 0.196. The Bertz CT molecular complexity index is 997. The summed E-state index contributed by atoms with van der Waals surface area (Å²) in [5, 5.41) is 2.57. The van der Waals surface area contributed by atoms with Crippen LogP contribution in [0.1, 0.15) is 63.5 Å². The van der Waals surface area contributed by atoms with Crippen molar-refractivity contribution in [2.24, 2.45) is 0 Å². The predicted molar refractivity (Wildman–Crippen MR) is 141 cm³/mol. The largest absolute Gasteiger partial charge is 0.379 e. The molecule has 0 radical (unpaired) electrons. The van der Waals surface area contributed by atoms with Gasteiger partial charge in [-0.3, -0.25) is 0 Å². The van der Waals surface area contributed by atoms with E-state index in [0.717, 1.165) is 25.9 Å². The van der Waals surface area contributed by atoms with Crippen molar-refractivity contribution >= 4 is 16.8 Å². The molecule has 1 unspecified atom stereocenters. The van der Waals surface area contributed by atoms with Crippen LogP contribution in [-0.2, 0) is 11.2 Å². The molecule has 3 aromatic carbocycles. The van der Waals surface area contributed by atoms with Crippen LogP contribution in [0.3, 0.4) is 0 Å². The Balaban J connectivity index is 1.52. The highest BCUT2D eigenvalue weighted by molar-refractivity contribution is 5.89. The molecule has 1 atom stereocenters. The lowest BCUT2D eigenvalue weighted by Gasteiger charge is -2.12. The van der Waals surface area contributed by atoms with Gasteiger partial charge in [-0.15, -0.1) is 6.58 Å². The molecule has 0 aliphatic carbocycles. The van der Waals surface area contributed by atoms with Crippen molar-refractivity contribution in [2.45, 2.75) is 64.9 Å². The molecule has 0 aromatic heterocycles.